The van der Waals surface area contributed by atoms with E-state index in [0.717, 1.165) is 30.3 Å². The maximum Gasteiger partial charge on any atom is 0.173 e. The molecule has 0 unspecified atom stereocenters. The molecular formula is C24H25FN6O2. The van der Waals surface area contributed by atoms with Crippen LogP contribution in [0.15, 0.2) is 71.3 Å². The molecule has 2 aromatic heterocycles. The number of methoxy groups -OCH3 is 1. The molecular weight excluding hydrogens is 423 g/mol. The third kappa shape index (κ3) is 4.31. The summed E-state index contributed by atoms with van der Waals surface area (Å²) in [5.41, 5.74) is 1.61. The highest BCUT2D eigenvalue weighted by molar-refractivity contribution is 5.58. The van der Waals surface area contributed by atoms with Crippen LogP contribution in [0.4, 0.5) is 10.1 Å². The highest BCUT2D eigenvalue weighted by Gasteiger charge is 2.33. The average molecular weight is 449 g/mol. The Kier molecular flexibility index (Phi) is 6.03. The number of nitrogens with zero attached hydrogens (tertiary/aromatic N) is 6. The van der Waals surface area contributed by atoms with Crippen molar-refractivity contribution < 1.29 is 13.5 Å². The van der Waals surface area contributed by atoms with Gasteiger partial charge in [-0.05, 0) is 40.8 Å². The molecule has 1 aliphatic heterocycles. The van der Waals surface area contributed by atoms with Gasteiger partial charge >= 0.3 is 0 Å². The molecule has 0 radical (unpaired) electrons. The summed E-state index contributed by atoms with van der Waals surface area (Å²) in [6.07, 6.45) is 1.62. The maximum absolute atomic E-state index is 15.0. The molecule has 0 saturated carbocycles. The Bertz CT molecular complexity index is 1190. The number of halogens is 1. The highest BCUT2D eigenvalue weighted by Crippen LogP contribution is 2.33. The maximum atomic E-state index is 15.0. The molecule has 1 saturated heterocycles. The Labute approximate surface area is 191 Å². The lowest BCUT2D eigenvalue weighted by atomic mass is 10.0. The fourth-order valence-corrected chi connectivity index (χ4v) is 4.38. The standard InChI is InChI=1S/C24H25FN6O2/c1-32-22-11-5-4-10-21(22)29-12-14-30(15-13-29)23(19-8-2-3-9-20(19)25)24-26-27-28-31(24)17-18-7-6-16-33-18/h2-11,16,23H,12-15,17H2,1H3/t23-/m1/s1. The minimum absolute atomic E-state index is 0.276. The van der Waals surface area contributed by atoms with Gasteiger partial charge in [0, 0.05) is 31.7 Å². The van der Waals surface area contributed by atoms with Crippen molar-refractivity contribution >= 4 is 5.69 Å². The van der Waals surface area contributed by atoms with E-state index >= 15 is 0 Å². The zero-order chi connectivity index (χ0) is 22.6. The molecule has 0 spiro atoms. The lowest BCUT2D eigenvalue weighted by molar-refractivity contribution is 0.197. The second-order valence-corrected chi connectivity index (χ2v) is 7.89. The van der Waals surface area contributed by atoms with Crippen LogP contribution >= 0.6 is 0 Å². The topological polar surface area (TPSA) is 72.5 Å². The Morgan fingerprint density at radius 3 is 2.55 bits per heavy atom. The lowest BCUT2D eigenvalue weighted by Gasteiger charge is -2.40. The lowest BCUT2D eigenvalue weighted by Crippen LogP contribution is -2.48. The van der Waals surface area contributed by atoms with Crippen molar-refractivity contribution in [1.29, 1.82) is 0 Å². The molecule has 0 N–H and O–H groups in total. The van der Waals surface area contributed by atoms with Gasteiger partial charge in [0.05, 0.1) is 19.1 Å². The van der Waals surface area contributed by atoms with Crippen molar-refractivity contribution in [1.82, 2.24) is 25.1 Å². The number of anilines is 1. The fourth-order valence-electron chi connectivity index (χ4n) is 4.38. The number of tetrazole rings is 1. The Morgan fingerprint density at radius 1 is 1.00 bits per heavy atom. The zero-order valence-electron chi connectivity index (χ0n) is 18.3. The van der Waals surface area contributed by atoms with Crippen LogP contribution in [0, 0.1) is 5.82 Å². The molecule has 3 heterocycles. The van der Waals surface area contributed by atoms with Gasteiger partial charge in [0.25, 0.3) is 0 Å². The summed E-state index contributed by atoms with van der Waals surface area (Å²) in [5.74, 6) is 1.89. The van der Waals surface area contributed by atoms with Crippen LogP contribution in [0.3, 0.4) is 0 Å². The highest BCUT2D eigenvalue weighted by atomic mass is 19.1. The van der Waals surface area contributed by atoms with Crippen molar-refractivity contribution in [3.63, 3.8) is 0 Å². The van der Waals surface area contributed by atoms with E-state index in [9.17, 15) is 4.39 Å². The number of rotatable bonds is 7. The first kappa shape index (κ1) is 21.1. The van der Waals surface area contributed by atoms with E-state index in [0.29, 0.717) is 31.0 Å². The van der Waals surface area contributed by atoms with Crippen molar-refractivity contribution in [3.8, 4) is 5.75 Å². The summed E-state index contributed by atoms with van der Waals surface area (Å²) >= 11 is 0. The van der Waals surface area contributed by atoms with Crippen LogP contribution in [-0.2, 0) is 6.54 Å². The van der Waals surface area contributed by atoms with Gasteiger partial charge in [-0.1, -0.05) is 30.3 Å². The van der Waals surface area contributed by atoms with Gasteiger partial charge < -0.3 is 14.1 Å². The second kappa shape index (κ2) is 9.41. The van der Waals surface area contributed by atoms with Gasteiger partial charge in [-0.2, -0.15) is 0 Å². The Hall–Kier alpha value is -3.72. The third-order valence-electron chi connectivity index (χ3n) is 5.99. The number of para-hydroxylation sites is 2. The van der Waals surface area contributed by atoms with E-state index in [1.165, 1.54) is 6.07 Å². The largest absolute Gasteiger partial charge is 0.495 e. The summed E-state index contributed by atoms with van der Waals surface area (Å²) < 4.78 is 27.7. The minimum Gasteiger partial charge on any atom is -0.495 e. The first-order chi connectivity index (χ1) is 16.2. The van der Waals surface area contributed by atoms with Gasteiger partial charge in [-0.25, -0.2) is 9.07 Å². The molecule has 0 aliphatic carbocycles. The first-order valence-corrected chi connectivity index (χ1v) is 10.9. The molecule has 4 aromatic rings. The zero-order valence-corrected chi connectivity index (χ0v) is 18.3. The Balaban J connectivity index is 1.44. The number of piperazine rings is 1. The number of ether oxygens (including phenoxy) is 1. The van der Waals surface area contributed by atoms with Gasteiger partial charge in [0.2, 0.25) is 0 Å². The fraction of sp³-hybridized carbons (Fsp3) is 0.292. The summed E-state index contributed by atoms with van der Waals surface area (Å²) in [6.45, 7) is 3.34. The summed E-state index contributed by atoms with van der Waals surface area (Å²) in [6, 6.07) is 18.1. The quantitative estimate of drug-likeness (QED) is 0.429. The third-order valence-corrected chi connectivity index (χ3v) is 5.99. The number of hydrogen-bond donors (Lipinski definition) is 0. The molecule has 170 valence electrons. The van der Waals surface area contributed by atoms with Crippen LogP contribution in [0.2, 0.25) is 0 Å². The Morgan fingerprint density at radius 2 is 1.79 bits per heavy atom. The van der Waals surface area contributed by atoms with Crippen LogP contribution in [0.1, 0.15) is 23.2 Å². The SMILES string of the molecule is COc1ccccc1N1CCN([C@H](c2ccccc2F)c2nnnn2Cc2ccco2)CC1. The normalized spacial score (nSPS) is 15.5. The number of benzene rings is 2. The van der Waals surface area contributed by atoms with E-state index in [2.05, 4.69) is 31.4 Å². The molecule has 33 heavy (non-hydrogen) atoms. The predicted octanol–water partition coefficient (Wildman–Crippen LogP) is 3.37. The smallest absolute Gasteiger partial charge is 0.173 e. The molecule has 1 atom stereocenters. The molecule has 1 aliphatic rings. The van der Waals surface area contributed by atoms with E-state index in [4.69, 9.17) is 9.15 Å². The van der Waals surface area contributed by atoms with Crippen molar-refractivity contribution in [3.05, 3.63) is 89.9 Å². The van der Waals surface area contributed by atoms with Crippen molar-refractivity contribution in [2.24, 2.45) is 0 Å². The number of hydrogen-bond acceptors (Lipinski definition) is 7. The van der Waals surface area contributed by atoms with Gasteiger partial charge in [-0.3, -0.25) is 4.90 Å². The number of furan rings is 1. The van der Waals surface area contributed by atoms with Crippen molar-refractivity contribution in [2.45, 2.75) is 12.6 Å². The molecule has 2 aromatic carbocycles. The first-order valence-electron chi connectivity index (χ1n) is 10.9. The molecule has 5 rings (SSSR count). The molecule has 0 bridgehead atoms. The average Bonchev–Trinajstić information content (AvgIpc) is 3.54. The predicted molar refractivity (Wildman–Crippen MR) is 121 cm³/mol. The van der Waals surface area contributed by atoms with Crippen LogP contribution in [0.5, 0.6) is 5.75 Å². The minimum atomic E-state index is -0.420. The van der Waals surface area contributed by atoms with Crippen LogP contribution in [-0.4, -0.2) is 58.4 Å². The van der Waals surface area contributed by atoms with Gasteiger partial charge in [-0.15, -0.1) is 5.10 Å². The second-order valence-electron chi connectivity index (χ2n) is 7.89. The molecule has 9 heteroatoms. The van der Waals surface area contributed by atoms with Crippen LogP contribution in [0.25, 0.3) is 0 Å². The van der Waals surface area contributed by atoms with E-state index < -0.39 is 6.04 Å². The summed E-state index contributed by atoms with van der Waals surface area (Å²) in [4.78, 5) is 4.52. The molecule has 8 nitrogen and oxygen atoms in total. The van der Waals surface area contributed by atoms with Gasteiger partial charge in [0.15, 0.2) is 5.82 Å². The summed E-state index contributed by atoms with van der Waals surface area (Å²) in [5, 5.41) is 12.4. The summed E-state index contributed by atoms with van der Waals surface area (Å²) in [7, 11) is 1.68. The van der Waals surface area contributed by atoms with Gasteiger partial charge in [0.1, 0.15) is 29.9 Å². The molecule has 0 amide bonds. The van der Waals surface area contributed by atoms with Crippen molar-refractivity contribution in [2.75, 3.05) is 38.2 Å². The van der Waals surface area contributed by atoms with E-state index in [-0.39, 0.29) is 5.82 Å². The molecule has 1 fully saturated rings. The van der Waals surface area contributed by atoms with Crippen LogP contribution < -0.4 is 9.64 Å². The van der Waals surface area contributed by atoms with E-state index in [1.54, 1.807) is 30.2 Å². The van der Waals surface area contributed by atoms with E-state index in [1.807, 2.05) is 36.4 Å². The monoisotopic (exact) mass is 448 g/mol. The number of aromatic nitrogens is 4.